The normalized spacial score (nSPS) is 11.5. The van der Waals surface area contributed by atoms with Gasteiger partial charge in [0.15, 0.2) is 0 Å². The molecule has 2 heterocycles. The Hall–Kier alpha value is -1.94. The Balaban J connectivity index is 2.57. The summed E-state index contributed by atoms with van der Waals surface area (Å²) in [4.78, 5) is 12.2. The number of hydrogen-bond donors (Lipinski definition) is 2. The fourth-order valence-corrected chi connectivity index (χ4v) is 2.40. The van der Waals surface area contributed by atoms with E-state index in [1.165, 1.54) is 0 Å². The Labute approximate surface area is 98.9 Å². The average molecular weight is 226 g/mol. The largest absolute Gasteiger partial charge is 0.347 e. The lowest BCUT2D eigenvalue weighted by molar-refractivity contribution is 1.05. The molecule has 0 saturated heterocycles. The second-order valence-corrected chi connectivity index (χ2v) is 4.29. The first-order chi connectivity index (χ1) is 8.20. The van der Waals surface area contributed by atoms with Gasteiger partial charge >= 0.3 is 0 Å². The molecule has 4 nitrogen and oxygen atoms in total. The highest BCUT2D eigenvalue weighted by atomic mass is 14.9. The lowest BCUT2D eigenvalue weighted by Crippen LogP contribution is -1.97. The molecule has 0 aliphatic carbocycles. The van der Waals surface area contributed by atoms with Crippen LogP contribution in [0.4, 0.5) is 0 Å². The SMILES string of the molecule is Cc1nc2ccc3ncc(CN)c3c2c(C)[nH]1. The maximum Gasteiger partial charge on any atom is 0.103 e. The van der Waals surface area contributed by atoms with Gasteiger partial charge < -0.3 is 10.7 Å². The smallest absolute Gasteiger partial charge is 0.103 e. The molecule has 4 heteroatoms. The van der Waals surface area contributed by atoms with Crippen molar-refractivity contribution in [1.82, 2.24) is 15.0 Å². The molecule has 0 radical (unpaired) electrons. The molecule has 0 atom stereocenters. The monoisotopic (exact) mass is 226 g/mol. The summed E-state index contributed by atoms with van der Waals surface area (Å²) in [6.45, 7) is 4.52. The molecule has 17 heavy (non-hydrogen) atoms. The van der Waals surface area contributed by atoms with Crippen LogP contribution in [-0.4, -0.2) is 15.0 Å². The second kappa shape index (κ2) is 3.53. The van der Waals surface area contributed by atoms with Gasteiger partial charge in [-0.05, 0) is 31.5 Å². The van der Waals surface area contributed by atoms with Crippen molar-refractivity contribution in [3.05, 3.63) is 35.4 Å². The summed E-state index contributed by atoms with van der Waals surface area (Å²) >= 11 is 0. The summed E-state index contributed by atoms with van der Waals surface area (Å²) in [5.41, 5.74) is 9.93. The molecule has 3 rings (SSSR count). The fraction of sp³-hybridized carbons (Fsp3) is 0.231. The predicted molar refractivity (Wildman–Crippen MR) is 68.8 cm³/mol. The first-order valence-electron chi connectivity index (χ1n) is 5.64. The van der Waals surface area contributed by atoms with E-state index in [4.69, 9.17) is 5.73 Å². The van der Waals surface area contributed by atoms with Gasteiger partial charge in [-0.2, -0.15) is 0 Å². The molecule has 0 fully saturated rings. The summed E-state index contributed by atoms with van der Waals surface area (Å²) in [7, 11) is 0. The highest BCUT2D eigenvalue weighted by Gasteiger charge is 2.10. The average Bonchev–Trinajstić information content (AvgIpc) is 2.70. The molecule has 3 aromatic rings. The van der Waals surface area contributed by atoms with Gasteiger partial charge in [-0.3, -0.25) is 4.98 Å². The van der Waals surface area contributed by atoms with E-state index in [1.807, 2.05) is 25.3 Å². The fourth-order valence-electron chi connectivity index (χ4n) is 2.40. The molecule has 0 bridgehead atoms. The molecular weight excluding hydrogens is 212 g/mol. The minimum absolute atomic E-state index is 0.503. The number of rotatable bonds is 1. The Morgan fingerprint density at radius 1 is 1.18 bits per heavy atom. The standard InChI is InChI=1S/C13H14N4/c1-7-12-11(17-8(2)16-7)4-3-10-13(12)9(5-14)6-15-10/h3-4,6H,5,14H2,1-2H3,(H,16,17). The summed E-state index contributed by atoms with van der Waals surface area (Å²) < 4.78 is 0. The number of aryl methyl sites for hydroxylation is 2. The van der Waals surface area contributed by atoms with E-state index in [0.29, 0.717) is 6.54 Å². The van der Waals surface area contributed by atoms with E-state index in [1.54, 1.807) is 0 Å². The topological polar surface area (TPSA) is 67.6 Å². The van der Waals surface area contributed by atoms with Crippen LogP contribution < -0.4 is 5.73 Å². The molecule has 0 aliphatic heterocycles. The quantitative estimate of drug-likeness (QED) is 0.668. The van der Waals surface area contributed by atoms with Crippen molar-refractivity contribution in [3.8, 4) is 0 Å². The van der Waals surface area contributed by atoms with E-state index in [2.05, 4.69) is 21.9 Å². The van der Waals surface area contributed by atoms with Gasteiger partial charge in [0.1, 0.15) is 5.82 Å². The molecule has 1 aromatic carbocycles. The summed E-state index contributed by atoms with van der Waals surface area (Å²) in [5, 5.41) is 2.26. The van der Waals surface area contributed by atoms with E-state index in [9.17, 15) is 0 Å². The number of nitrogens with one attached hydrogen (secondary N) is 1. The minimum Gasteiger partial charge on any atom is -0.347 e. The lowest BCUT2D eigenvalue weighted by atomic mass is 10.1. The number of nitrogens with zero attached hydrogens (tertiary/aromatic N) is 2. The number of aromatic nitrogens is 3. The van der Waals surface area contributed by atoms with Crippen molar-refractivity contribution in [1.29, 1.82) is 0 Å². The van der Waals surface area contributed by atoms with Crippen molar-refractivity contribution in [2.45, 2.75) is 20.4 Å². The third-order valence-corrected chi connectivity index (χ3v) is 3.09. The van der Waals surface area contributed by atoms with Gasteiger partial charge in [0.05, 0.1) is 11.0 Å². The van der Waals surface area contributed by atoms with Crippen molar-refractivity contribution in [2.24, 2.45) is 5.73 Å². The van der Waals surface area contributed by atoms with Crippen LogP contribution in [0, 0.1) is 13.8 Å². The molecule has 86 valence electrons. The van der Waals surface area contributed by atoms with Gasteiger partial charge in [-0.25, -0.2) is 4.98 Å². The molecule has 0 spiro atoms. The van der Waals surface area contributed by atoms with Crippen LogP contribution in [0.15, 0.2) is 18.3 Å². The zero-order valence-corrected chi connectivity index (χ0v) is 9.91. The third kappa shape index (κ3) is 1.41. The van der Waals surface area contributed by atoms with Gasteiger partial charge in [0.2, 0.25) is 0 Å². The lowest BCUT2D eigenvalue weighted by Gasteiger charge is -2.06. The molecule has 0 unspecified atom stereocenters. The van der Waals surface area contributed by atoms with Gasteiger partial charge in [0, 0.05) is 29.2 Å². The molecule has 0 amide bonds. The molecule has 0 aliphatic rings. The molecule has 0 saturated carbocycles. The number of fused-ring (bicyclic) bond motifs is 3. The number of benzene rings is 1. The predicted octanol–water partition coefficient (Wildman–Crippen LogP) is 2.19. The molecule has 3 N–H and O–H groups in total. The van der Waals surface area contributed by atoms with Crippen LogP contribution in [-0.2, 0) is 6.54 Å². The van der Waals surface area contributed by atoms with Crippen LogP contribution in [0.3, 0.4) is 0 Å². The first kappa shape index (κ1) is 10.2. The Morgan fingerprint density at radius 2 is 1.94 bits per heavy atom. The molecule has 2 aromatic heterocycles. The minimum atomic E-state index is 0.503. The third-order valence-electron chi connectivity index (χ3n) is 3.09. The highest BCUT2D eigenvalue weighted by molar-refractivity contribution is 6.08. The van der Waals surface area contributed by atoms with Crippen molar-refractivity contribution >= 4 is 21.8 Å². The Kier molecular flexibility index (Phi) is 2.12. The van der Waals surface area contributed by atoms with Crippen molar-refractivity contribution in [3.63, 3.8) is 0 Å². The number of hydrogen-bond acceptors (Lipinski definition) is 3. The number of aromatic amines is 1. The van der Waals surface area contributed by atoms with Crippen LogP contribution in [0.1, 0.15) is 17.1 Å². The van der Waals surface area contributed by atoms with E-state index in [0.717, 1.165) is 38.9 Å². The van der Waals surface area contributed by atoms with Crippen LogP contribution >= 0.6 is 0 Å². The maximum absolute atomic E-state index is 5.76. The molecular formula is C13H14N4. The van der Waals surface area contributed by atoms with E-state index in [-0.39, 0.29) is 0 Å². The zero-order valence-electron chi connectivity index (χ0n) is 9.91. The van der Waals surface area contributed by atoms with E-state index < -0.39 is 0 Å². The first-order valence-corrected chi connectivity index (χ1v) is 5.64. The van der Waals surface area contributed by atoms with Gasteiger partial charge in [-0.1, -0.05) is 0 Å². The van der Waals surface area contributed by atoms with Gasteiger partial charge in [0.25, 0.3) is 0 Å². The summed E-state index contributed by atoms with van der Waals surface area (Å²) in [6, 6.07) is 4.02. The summed E-state index contributed by atoms with van der Waals surface area (Å²) in [6.07, 6.45) is 1.85. The zero-order chi connectivity index (χ0) is 12.0. The van der Waals surface area contributed by atoms with Crippen LogP contribution in [0.2, 0.25) is 0 Å². The van der Waals surface area contributed by atoms with Crippen LogP contribution in [0.5, 0.6) is 0 Å². The van der Waals surface area contributed by atoms with E-state index >= 15 is 0 Å². The summed E-state index contributed by atoms with van der Waals surface area (Å²) in [5.74, 6) is 0.920. The maximum atomic E-state index is 5.76. The van der Waals surface area contributed by atoms with Crippen LogP contribution in [0.25, 0.3) is 21.8 Å². The second-order valence-electron chi connectivity index (χ2n) is 4.29. The number of H-pyrrole nitrogens is 1. The van der Waals surface area contributed by atoms with Crippen molar-refractivity contribution < 1.29 is 0 Å². The van der Waals surface area contributed by atoms with Crippen molar-refractivity contribution in [2.75, 3.05) is 0 Å². The Morgan fingerprint density at radius 3 is 2.71 bits per heavy atom. The Bertz CT molecular complexity index is 712. The number of nitrogens with two attached hydrogens (primary N) is 1. The van der Waals surface area contributed by atoms with Gasteiger partial charge in [-0.15, -0.1) is 0 Å². The highest BCUT2D eigenvalue weighted by Crippen LogP contribution is 2.28.